The summed E-state index contributed by atoms with van der Waals surface area (Å²) >= 11 is 0. The molecule has 0 radical (unpaired) electrons. The Morgan fingerprint density at radius 2 is 1.04 bits per heavy atom. The number of nitrogens with zero attached hydrogens (tertiary/aromatic N) is 1. The maximum absolute atomic E-state index is 7.09. The first-order valence-electron chi connectivity index (χ1n) is 25.1. The van der Waals surface area contributed by atoms with Gasteiger partial charge in [-0.15, -0.1) is 0 Å². The van der Waals surface area contributed by atoms with Gasteiger partial charge in [-0.1, -0.05) is 237 Å². The number of hydrogen-bond acceptors (Lipinski definition) is 2. The van der Waals surface area contributed by atoms with Crippen LogP contribution in [0.5, 0.6) is 0 Å². The summed E-state index contributed by atoms with van der Waals surface area (Å²) in [4.78, 5) is 2.45. The molecule has 70 heavy (non-hydrogen) atoms. The quantitative estimate of drug-likeness (QED) is 0.158. The number of furan rings is 1. The largest absolute Gasteiger partial charge is 0.458 e. The number of anilines is 3. The van der Waals surface area contributed by atoms with Crippen molar-refractivity contribution in [2.75, 3.05) is 4.90 Å². The van der Waals surface area contributed by atoms with Crippen molar-refractivity contribution in [1.29, 1.82) is 0 Å². The zero-order valence-corrected chi connectivity index (χ0v) is 41.3. The number of rotatable bonds is 7. The molecule has 2 aliphatic rings. The topological polar surface area (TPSA) is 16.4 Å². The highest BCUT2D eigenvalue weighted by Crippen LogP contribution is 2.57. The number of allylic oxidation sites excluding steroid dienone is 1. The Balaban J connectivity index is 1.10. The third-order valence-corrected chi connectivity index (χ3v) is 15.3. The summed E-state index contributed by atoms with van der Waals surface area (Å²) in [5.74, 6) is 1.35. The second-order valence-electron chi connectivity index (χ2n) is 21.7. The van der Waals surface area contributed by atoms with Crippen LogP contribution in [-0.4, -0.2) is 0 Å². The van der Waals surface area contributed by atoms with Gasteiger partial charge in [0, 0.05) is 28.1 Å². The molecule has 0 saturated carbocycles. The van der Waals surface area contributed by atoms with Crippen LogP contribution in [0.1, 0.15) is 106 Å². The third-order valence-electron chi connectivity index (χ3n) is 15.3. The predicted molar refractivity (Wildman–Crippen MR) is 296 cm³/mol. The van der Waals surface area contributed by atoms with E-state index in [4.69, 9.17) is 4.42 Å². The highest BCUT2D eigenvalue weighted by Gasteiger charge is 2.46. The van der Waals surface area contributed by atoms with Gasteiger partial charge in [-0.2, -0.15) is 0 Å². The van der Waals surface area contributed by atoms with Crippen LogP contribution in [0.25, 0.3) is 61.2 Å². The summed E-state index contributed by atoms with van der Waals surface area (Å²) in [7, 11) is 0. The molecule has 0 fully saturated rings. The van der Waals surface area contributed by atoms with Gasteiger partial charge < -0.3 is 9.32 Å². The van der Waals surface area contributed by atoms with Gasteiger partial charge in [0.05, 0.1) is 16.8 Å². The summed E-state index contributed by atoms with van der Waals surface area (Å²) in [6.45, 7) is 16.2. The van der Waals surface area contributed by atoms with Crippen molar-refractivity contribution in [2.24, 2.45) is 0 Å². The van der Waals surface area contributed by atoms with Gasteiger partial charge in [0.2, 0.25) is 0 Å². The second-order valence-corrected chi connectivity index (χ2v) is 21.7. The average Bonchev–Trinajstić information content (AvgIpc) is 3.92. The molecule has 0 spiro atoms. The van der Waals surface area contributed by atoms with Gasteiger partial charge in [-0.3, -0.25) is 0 Å². The SMILES string of the molecule is CC1CC=Cc2c1oc1c(N(c3ccc(C4(c5ccccc5)c5ccccc5-c5ccccc54)cc3)c3ccccc3-c3cccc4cccc(-c5cc(C(C)(C)C)cc(C(C)(C)C)c5)c34)cccc21. The van der Waals surface area contributed by atoms with Crippen molar-refractivity contribution < 1.29 is 4.42 Å². The number of fused-ring (bicyclic) bond motifs is 7. The zero-order valence-electron chi connectivity index (χ0n) is 41.3. The minimum Gasteiger partial charge on any atom is -0.458 e. The standard InChI is InChI=1S/C68H59NO/c1-44-21-17-31-57-58-32-20-36-62(65(58)70-64(44)57)69(51-39-37-48(38-40-51)68(47-24-9-8-10-25-47)59-33-14-11-26-53(59)54-27-12-15-34-60(54)68)61-35-16-13-28-55(61)56-30-19-23-45-22-18-29-52(63(45)56)46-41-49(66(2,3)4)43-50(42-46)67(5,6)7/h8-20,22-44H,21H2,1-7H3. The van der Waals surface area contributed by atoms with Crippen LogP contribution in [0.4, 0.5) is 17.1 Å². The molecule has 12 rings (SSSR count). The van der Waals surface area contributed by atoms with Crippen molar-refractivity contribution in [1.82, 2.24) is 0 Å². The van der Waals surface area contributed by atoms with Crippen LogP contribution in [0, 0.1) is 0 Å². The molecule has 2 aliphatic carbocycles. The Morgan fingerprint density at radius 1 is 0.500 bits per heavy atom. The van der Waals surface area contributed by atoms with Crippen LogP contribution < -0.4 is 4.90 Å². The van der Waals surface area contributed by atoms with Gasteiger partial charge in [0.1, 0.15) is 5.76 Å². The van der Waals surface area contributed by atoms with Crippen molar-refractivity contribution in [2.45, 2.75) is 77.0 Å². The molecule has 0 N–H and O–H groups in total. The lowest BCUT2D eigenvalue weighted by Crippen LogP contribution is -2.28. The van der Waals surface area contributed by atoms with E-state index in [-0.39, 0.29) is 16.7 Å². The molecule has 0 amide bonds. The summed E-state index contributed by atoms with van der Waals surface area (Å²) in [5, 5.41) is 3.59. The molecular formula is C68H59NO. The lowest BCUT2D eigenvalue weighted by Gasteiger charge is -2.34. The summed E-state index contributed by atoms with van der Waals surface area (Å²) in [5.41, 5.74) is 19.9. The molecule has 2 nitrogen and oxygen atoms in total. The molecule has 342 valence electrons. The van der Waals surface area contributed by atoms with Crippen LogP contribution in [-0.2, 0) is 16.2 Å². The van der Waals surface area contributed by atoms with E-state index in [9.17, 15) is 0 Å². The lowest BCUT2D eigenvalue weighted by molar-refractivity contribution is 0.504. The van der Waals surface area contributed by atoms with Crippen LogP contribution in [0.2, 0.25) is 0 Å². The van der Waals surface area contributed by atoms with E-state index in [1.165, 1.54) is 77.5 Å². The Hall–Kier alpha value is -7.68. The monoisotopic (exact) mass is 905 g/mol. The Morgan fingerprint density at radius 3 is 1.70 bits per heavy atom. The third kappa shape index (κ3) is 6.91. The second kappa shape index (κ2) is 16.5. The zero-order chi connectivity index (χ0) is 47.9. The van der Waals surface area contributed by atoms with E-state index in [1.807, 2.05) is 0 Å². The van der Waals surface area contributed by atoms with Gasteiger partial charge in [-0.05, 0) is 113 Å². The molecule has 1 unspecified atom stereocenters. The fourth-order valence-corrected chi connectivity index (χ4v) is 11.7. The molecular weight excluding hydrogens is 847 g/mol. The first-order valence-corrected chi connectivity index (χ1v) is 25.1. The normalized spacial score (nSPS) is 14.9. The molecule has 1 aromatic heterocycles. The minimum absolute atomic E-state index is 0.0168. The molecule has 2 heteroatoms. The van der Waals surface area contributed by atoms with E-state index >= 15 is 0 Å². The Kier molecular flexibility index (Phi) is 10.3. The van der Waals surface area contributed by atoms with E-state index in [2.05, 4.69) is 266 Å². The predicted octanol–water partition coefficient (Wildman–Crippen LogP) is 18.9. The fraction of sp³-hybridized carbons (Fsp3) is 0.176. The molecule has 9 aromatic carbocycles. The first-order chi connectivity index (χ1) is 33.9. The van der Waals surface area contributed by atoms with Crippen molar-refractivity contribution in [3.8, 4) is 33.4 Å². The van der Waals surface area contributed by atoms with Gasteiger partial charge in [0.15, 0.2) is 5.58 Å². The maximum atomic E-state index is 7.09. The highest BCUT2D eigenvalue weighted by atomic mass is 16.3. The molecule has 0 bridgehead atoms. The number of para-hydroxylation sites is 2. The highest BCUT2D eigenvalue weighted by molar-refractivity contribution is 6.10. The van der Waals surface area contributed by atoms with Crippen molar-refractivity contribution in [3.05, 3.63) is 251 Å². The molecule has 1 heterocycles. The van der Waals surface area contributed by atoms with Crippen LogP contribution in [0.15, 0.2) is 211 Å². The van der Waals surface area contributed by atoms with Crippen molar-refractivity contribution in [3.63, 3.8) is 0 Å². The molecule has 0 saturated heterocycles. The van der Waals surface area contributed by atoms with E-state index in [0.29, 0.717) is 0 Å². The smallest absolute Gasteiger partial charge is 0.158 e. The van der Waals surface area contributed by atoms with E-state index in [0.717, 1.165) is 45.8 Å². The lowest BCUT2D eigenvalue weighted by atomic mass is 9.68. The summed E-state index contributed by atoms with van der Waals surface area (Å²) < 4.78 is 7.09. The molecule has 1 atom stereocenters. The van der Waals surface area contributed by atoms with Crippen LogP contribution >= 0.6 is 0 Å². The Bertz CT molecular complexity index is 3580. The fourth-order valence-electron chi connectivity index (χ4n) is 11.7. The molecule has 10 aromatic rings. The van der Waals surface area contributed by atoms with Gasteiger partial charge in [-0.25, -0.2) is 0 Å². The molecule has 0 aliphatic heterocycles. The van der Waals surface area contributed by atoms with E-state index in [1.54, 1.807) is 0 Å². The van der Waals surface area contributed by atoms with E-state index < -0.39 is 5.41 Å². The Labute approximate surface area is 413 Å². The summed E-state index contributed by atoms with van der Waals surface area (Å²) in [6, 6.07) is 75.0. The first kappa shape index (κ1) is 43.6. The maximum Gasteiger partial charge on any atom is 0.158 e. The number of hydrogen-bond donors (Lipinski definition) is 0. The van der Waals surface area contributed by atoms with Gasteiger partial charge >= 0.3 is 0 Å². The minimum atomic E-state index is -0.505. The number of benzene rings is 9. The van der Waals surface area contributed by atoms with Crippen molar-refractivity contribution >= 4 is 44.9 Å². The van der Waals surface area contributed by atoms with Gasteiger partial charge in [0.25, 0.3) is 0 Å². The average molecular weight is 906 g/mol. The van der Waals surface area contributed by atoms with Crippen LogP contribution in [0.3, 0.4) is 0 Å². The summed E-state index contributed by atoms with van der Waals surface area (Å²) in [6.07, 6.45) is 5.52.